The molecule has 1 N–H and O–H groups in total. The van der Waals surface area contributed by atoms with Crippen LogP contribution >= 0.6 is 0 Å². The van der Waals surface area contributed by atoms with Gasteiger partial charge >= 0.3 is 6.09 Å². The normalized spacial score (nSPS) is 18.2. The van der Waals surface area contributed by atoms with E-state index in [4.69, 9.17) is 4.74 Å². The predicted molar refractivity (Wildman–Crippen MR) is 87.6 cm³/mol. The summed E-state index contributed by atoms with van der Waals surface area (Å²) in [5.74, 6) is 0.576. The van der Waals surface area contributed by atoms with Gasteiger partial charge < -0.3 is 15.0 Å². The van der Waals surface area contributed by atoms with E-state index < -0.39 is 5.60 Å². The number of carbonyl (C=O) groups is 2. The van der Waals surface area contributed by atoms with Gasteiger partial charge in [0.2, 0.25) is 5.91 Å². The summed E-state index contributed by atoms with van der Waals surface area (Å²) in [7, 11) is 0. The Labute approximate surface area is 134 Å². The minimum absolute atomic E-state index is 0.132. The van der Waals surface area contributed by atoms with Crippen molar-refractivity contribution < 1.29 is 14.3 Å². The second kappa shape index (κ2) is 7.34. The third-order valence-electron chi connectivity index (χ3n) is 4.20. The number of carbonyl (C=O) groups excluding carboxylic acids is 2. The number of nitrogens with zero attached hydrogens (tertiary/aromatic N) is 1. The van der Waals surface area contributed by atoms with E-state index in [1.54, 1.807) is 4.90 Å². The number of nitrogens with one attached hydrogen (secondary N) is 1. The van der Waals surface area contributed by atoms with E-state index in [2.05, 4.69) is 26.1 Å². The molecule has 0 aromatic rings. The number of amides is 2. The Morgan fingerprint density at radius 1 is 1.23 bits per heavy atom. The van der Waals surface area contributed by atoms with Crippen molar-refractivity contribution in [3.63, 3.8) is 0 Å². The number of rotatable bonds is 4. The summed E-state index contributed by atoms with van der Waals surface area (Å²) in [6.45, 7) is 13.7. The molecule has 0 radical (unpaired) electrons. The third kappa shape index (κ3) is 5.18. The van der Waals surface area contributed by atoms with E-state index in [1.807, 2.05) is 20.8 Å². The molecular formula is C17H32N2O3. The van der Waals surface area contributed by atoms with Crippen LogP contribution < -0.4 is 5.32 Å². The molecule has 1 rings (SSSR count). The van der Waals surface area contributed by atoms with Crippen molar-refractivity contribution in [3.8, 4) is 0 Å². The molecule has 5 nitrogen and oxygen atoms in total. The van der Waals surface area contributed by atoms with Crippen molar-refractivity contribution in [1.82, 2.24) is 10.2 Å². The summed E-state index contributed by atoms with van der Waals surface area (Å²) < 4.78 is 5.40. The predicted octanol–water partition coefficient (Wildman–Crippen LogP) is 3.19. The first kappa shape index (κ1) is 18.8. The van der Waals surface area contributed by atoms with Gasteiger partial charge in [0.25, 0.3) is 0 Å². The number of ether oxygens (including phenoxy) is 1. The van der Waals surface area contributed by atoms with Gasteiger partial charge in [-0.1, -0.05) is 20.8 Å². The highest BCUT2D eigenvalue weighted by molar-refractivity contribution is 5.83. The molecular weight excluding hydrogens is 280 g/mol. The van der Waals surface area contributed by atoms with E-state index in [0.717, 1.165) is 6.42 Å². The molecule has 0 aromatic carbocycles. The lowest BCUT2D eigenvalue weighted by atomic mass is 9.75. The molecule has 5 heteroatoms. The zero-order valence-corrected chi connectivity index (χ0v) is 15.0. The van der Waals surface area contributed by atoms with Gasteiger partial charge in [-0.3, -0.25) is 4.79 Å². The van der Waals surface area contributed by atoms with Crippen molar-refractivity contribution in [2.45, 2.75) is 66.4 Å². The second-order valence-electron chi connectivity index (χ2n) is 7.71. The lowest BCUT2D eigenvalue weighted by Gasteiger charge is -2.40. The average Bonchev–Trinajstić information content (AvgIpc) is 2.42. The van der Waals surface area contributed by atoms with Crippen LogP contribution in [-0.4, -0.2) is 42.1 Å². The Kier molecular flexibility index (Phi) is 6.27. The van der Waals surface area contributed by atoms with E-state index >= 15 is 0 Å². The van der Waals surface area contributed by atoms with Crippen LogP contribution in [0.25, 0.3) is 0 Å². The molecule has 1 saturated heterocycles. The highest BCUT2D eigenvalue weighted by atomic mass is 16.6. The lowest BCUT2D eigenvalue weighted by molar-refractivity contribution is -0.134. The minimum atomic E-state index is -0.481. The van der Waals surface area contributed by atoms with Gasteiger partial charge in [-0.2, -0.15) is 0 Å². The first-order valence-electron chi connectivity index (χ1n) is 8.36. The Hall–Kier alpha value is -1.26. The van der Waals surface area contributed by atoms with Crippen LogP contribution in [0.1, 0.15) is 60.8 Å². The molecule has 0 atom stereocenters. The number of piperidine rings is 1. The first-order valence-corrected chi connectivity index (χ1v) is 8.36. The van der Waals surface area contributed by atoms with Crippen LogP contribution in [0.2, 0.25) is 0 Å². The topological polar surface area (TPSA) is 58.6 Å². The van der Waals surface area contributed by atoms with Crippen molar-refractivity contribution in [2.75, 3.05) is 19.6 Å². The van der Waals surface area contributed by atoms with Crippen molar-refractivity contribution in [2.24, 2.45) is 11.3 Å². The Bertz CT molecular complexity index is 391. The molecule has 128 valence electrons. The lowest BCUT2D eigenvalue weighted by Crippen LogP contribution is -2.51. The zero-order chi connectivity index (χ0) is 17.0. The summed E-state index contributed by atoms with van der Waals surface area (Å²) in [6, 6.07) is 0. The Balaban J connectivity index is 2.60. The molecule has 0 bridgehead atoms. The fourth-order valence-corrected chi connectivity index (χ4v) is 2.67. The third-order valence-corrected chi connectivity index (χ3v) is 4.20. The van der Waals surface area contributed by atoms with Crippen molar-refractivity contribution >= 4 is 12.0 Å². The molecule has 1 fully saturated rings. The Morgan fingerprint density at radius 2 is 1.77 bits per heavy atom. The summed E-state index contributed by atoms with van der Waals surface area (Å²) in [5.41, 5.74) is -0.821. The Morgan fingerprint density at radius 3 is 2.18 bits per heavy atom. The molecule has 1 aliphatic rings. The van der Waals surface area contributed by atoms with Crippen molar-refractivity contribution in [1.29, 1.82) is 0 Å². The van der Waals surface area contributed by atoms with Crippen LogP contribution in [0.4, 0.5) is 4.79 Å². The van der Waals surface area contributed by atoms with Crippen LogP contribution in [0, 0.1) is 11.3 Å². The molecule has 0 aliphatic carbocycles. The van der Waals surface area contributed by atoms with Crippen LogP contribution in [0.5, 0.6) is 0 Å². The summed E-state index contributed by atoms with van der Waals surface area (Å²) in [5, 5.41) is 3.05. The molecule has 2 amide bonds. The highest BCUT2D eigenvalue weighted by Gasteiger charge is 2.41. The van der Waals surface area contributed by atoms with E-state index in [0.29, 0.717) is 38.4 Å². The van der Waals surface area contributed by atoms with Crippen molar-refractivity contribution in [3.05, 3.63) is 0 Å². The van der Waals surface area contributed by atoms with Crippen LogP contribution in [0.15, 0.2) is 0 Å². The largest absolute Gasteiger partial charge is 0.444 e. The zero-order valence-electron chi connectivity index (χ0n) is 15.0. The van der Waals surface area contributed by atoms with Gasteiger partial charge in [0, 0.05) is 19.6 Å². The van der Waals surface area contributed by atoms with Crippen LogP contribution in [-0.2, 0) is 9.53 Å². The SMILES string of the molecule is CCC1(C(=O)NCC(C)C)CCN(C(=O)OC(C)(C)C)CC1. The van der Waals surface area contributed by atoms with Gasteiger partial charge in [0.15, 0.2) is 0 Å². The van der Waals surface area contributed by atoms with Gasteiger partial charge in [-0.25, -0.2) is 4.79 Å². The number of hydrogen-bond acceptors (Lipinski definition) is 3. The molecule has 0 unspecified atom stereocenters. The smallest absolute Gasteiger partial charge is 0.410 e. The summed E-state index contributed by atoms with van der Waals surface area (Å²) >= 11 is 0. The maximum absolute atomic E-state index is 12.5. The van der Waals surface area contributed by atoms with E-state index in [-0.39, 0.29) is 17.4 Å². The van der Waals surface area contributed by atoms with Gasteiger partial charge in [-0.15, -0.1) is 0 Å². The first-order chi connectivity index (χ1) is 10.1. The standard InChI is InChI=1S/C17H32N2O3/c1-7-17(14(20)18-12-13(2)3)8-10-19(11-9-17)15(21)22-16(4,5)6/h13H,7-12H2,1-6H3,(H,18,20). The van der Waals surface area contributed by atoms with E-state index in [1.165, 1.54) is 0 Å². The molecule has 0 spiro atoms. The molecule has 1 aliphatic heterocycles. The fraction of sp³-hybridized carbons (Fsp3) is 0.882. The number of likely N-dealkylation sites (tertiary alicyclic amines) is 1. The minimum Gasteiger partial charge on any atom is -0.444 e. The molecule has 1 heterocycles. The maximum Gasteiger partial charge on any atom is 0.410 e. The molecule has 22 heavy (non-hydrogen) atoms. The maximum atomic E-state index is 12.5. The van der Waals surface area contributed by atoms with Gasteiger partial charge in [0.05, 0.1) is 5.41 Å². The molecule has 0 aromatic heterocycles. The molecule has 0 saturated carbocycles. The summed E-state index contributed by atoms with van der Waals surface area (Å²) in [4.78, 5) is 26.3. The fourth-order valence-electron chi connectivity index (χ4n) is 2.67. The van der Waals surface area contributed by atoms with Gasteiger partial charge in [0.1, 0.15) is 5.60 Å². The quantitative estimate of drug-likeness (QED) is 0.867. The summed E-state index contributed by atoms with van der Waals surface area (Å²) in [6.07, 6.45) is 1.93. The average molecular weight is 312 g/mol. The van der Waals surface area contributed by atoms with Gasteiger partial charge in [-0.05, 0) is 46.0 Å². The van der Waals surface area contributed by atoms with Crippen LogP contribution in [0.3, 0.4) is 0 Å². The number of hydrogen-bond donors (Lipinski definition) is 1. The second-order valence-corrected chi connectivity index (χ2v) is 7.71. The highest BCUT2D eigenvalue weighted by Crippen LogP contribution is 2.35. The monoisotopic (exact) mass is 312 g/mol. The van der Waals surface area contributed by atoms with E-state index in [9.17, 15) is 9.59 Å².